The number of nitrogen functional groups attached to an aromatic ring is 1. The van der Waals surface area contributed by atoms with E-state index in [0.29, 0.717) is 16.9 Å². The van der Waals surface area contributed by atoms with Gasteiger partial charge in [-0.3, -0.25) is 0 Å². The van der Waals surface area contributed by atoms with Crippen molar-refractivity contribution >= 4 is 17.4 Å². The predicted octanol–water partition coefficient (Wildman–Crippen LogP) is 3.77. The van der Waals surface area contributed by atoms with Crippen molar-refractivity contribution < 1.29 is 17.6 Å². The van der Waals surface area contributed by atoms with Gasteiger partial charge in [0.25, 0.3) is 0 Å². The number of aromatic amines is 1. The third-order valence-electron chi connectivity index (χ3n) is 4.83. The SMILES string of the molecule is Cc1nc(F)c2ccc(-c3nc(N)nc(N[C@@H](c4cnc(C(F)(F)F)[nH]4)C(C)C)n3)cn12. The third-order valence-corrected chi connectivity index (χ3v) is 4.83. The van der Waals surface area contributed by atoms with Crippen LogP contribution in [0.25, 0.3) is 16.9 Å². The third kappa shape index (κ3) is 4.05. The molecule has 0 aromatic carbocycles. The zero-order valence-electron chi connectivity index (χ0n) is 17.2. The van der Waals surface area contributed by atoms with Gasteiger partial charge in [0, 0.05) is 11.8 Å². The first-order valence-electron chi connectivity index (χ1n) is 9.57. The van der Waals surface area contributed by atoms with E-state index in [9.17, 15) is 17.6 Å². The van der Waals surface area contributed by atoms with Gasteiger partial charge in [-0.25, -0.2) is 9.97 Å². The van der Waals surface area contributed by atoms with E-state index < -0.39 is 24.0 Å². The van der Waals surface area contributed by atoms with Crippen molar-refractivity contribution in [3.8, 4) is 11.4 Å². The molecule has 9 nitrogen and oxygen atoms in total. The zero-order chi connectivity index (χ0) is 23.2. The number of hydrogen-bond donors (Lipinski definition) is 3. The molecule has 4 rings (SSSR count). The van der Waals surface area contributed by atoms with Crippen molar-refractivity contribution in [2.24, 2.45) is 5.92 Å². The van der Waals surface area contributed by atoms with E-state index in [0.717, 1.165) is 6.20 Å². The number of aryl methyl sites for hydroxylation is 1. The van der Waals surface area contributed by atoms with Crippen molar-refractivity contribution in [2.45, 2.75) is 33.0 Å². The molecule has 0 bridgehead atoms. The van der Waals surface area contributed by atoms with Crippen LogP contribution in [0.15, 0.2) is 24.5 Å². The van der Waals surface area contributed by atoms with Crippen molar-refractivity contribution in [3.05, 3.63) is 47.8 Å². The Balaban J connectivity index is 1.69. The first-order valence-corrected chi connectivity index (χ1v) is 9.57. The molecule has 13 heteroatoms. The van der Waals surface area contributed by atoms with Gasteiger partial charge in [0.2, 0.25) is 23.7 Å². The Kier molecular flexibility index (Phi) is 5.18. The molecule has 168 valence electrons. The highest BCUT2D eigenvalue weighted by Gasteiger charge is 2.35. The van der Waals surface area contributed by atoms with Gasteiger partial charge in [-0.15, -0.1) is 0 Å². The quantitative estimate of drug-likeness (QED) is 0.397. The van der Waals surface area contributed by atoms with Crippen LogP contribution in [0.3, 0.4) is 0 Å². The summed E-state index contributed by atoms with van der Waals surface area (Å²) in [6, 6.07) is 2.54. The largest absolute Gasteiger partial charge is 0.449 e. The molecule has 0 saturated heterocycles. The number of H-pyrrole nitrogens is 1. The van der Waals surface area contributed by atoms with E-state index in [1.165, 1.54) is 6.07 Å². The fourth-order valence-corrected chi connectivity index (χ4v) is 3.29. The Morgan fingerprint density at radius 3 is 2.53 bits per heavy atom. The summed E-state index contributed by atoms with van der Waals surface area (Å²) < 4.78 is 54.2. The highest BCUT2D eigenvalue weighted by Crippen LogP contribution is 2.30. The number of nitrogens with zero attached hydrogens (tertiary/aromatic N) is 6. The lowest BCUT2D eigenvalue weighted by atomic mass is 10.0. The molecule has 0 aliphatic carbocycles. The summed E-state index contributed by atoms with van der Waals surface area (Å²) in [6.07, 6.45) is -1.85. The standard InChI is InChI=1S/C19H19F4N9/c1-8(2)13(11-6-25-16(27-11)19(21,22)23)28-18-30-15(29-17(24)31-18)10-4-5-12-14(20)26-9(3)32(12)7-10/h4-8,13H,1-3H3,(H,25,27)(H3,24,28,29,30,31)/t13-/m1/s1. The number of imidazole rings is 2. The van der Waals surface area contributed by atoms with E-state index in [1.807, 2.05) is 13.8 Å². The summed E-state index contributed by atoms with van der Waals surface area (Å²) in [5, 5.41) is 3.00. The van der Waals surface area contributed by atoms with Crippen LogP contribution in [0.2, 0.25) is 0 Å². The Labute approximate surface area is 179 Å². The van der Waals surface area contributed by atoms with Gasteiger partial charge in [0.05, 0.1) is 17.9 Å². The van der Waals surface area contributed by atoms with Crippen molar-refractivity contribution in [1.82, 2.24) is 34.3 Å². The van der Waals surface area contributed by atoms with Crippen LogP contribution in [0.4, 0.5) is 29.5 Å². The average molecular weight is 449 g/mol. The number of pyridine rings is 1. The smallest absolute Gasteiger partial charge is 0.368 e. The minimum atomic E-state index is -4.59. The summed E-state index contributed by atoms with van der Waals surface area (Å²) in [5.41, 5.74) is 6.89. The molecule has 0 aliphatic heterocycles. The van der Waals surface area contributed by atoms with Gasteiger partial charge in [-0.2, -0.15) is 32.5 Å². The summed E-state index contributed by atoms with van der Waals surface area (Å²) >= 11 is 0. The monoisotopic (exact) mass is 449 g/mol. The second-order valence-corrected chi connectivity index (χ2v) is 7.51. The van der Waals surface area contributed by atoms with E-state index in [-0.39, 0.29) is 29.3 Å². The number of nitrogens with two attached hydrogens (primary N) is 1. The fraction of sp³-hybridized carbons (Fsp3) is 0.316. The minimum Gasteiger partial charge on any atom is -0.368 e. The van der Waals surface area contributed by atoms with Crippen molar-refractivity contribution in [2.75, 3.05) is 11.1 Å². The average Bonchev–Trinajstić information content (AvgIpc) is 3.30. The van der Waals surface area contributed by atoms with Crippen LogP contribution >= 0.6 is 0 Å². The number of alkyl halides is 3. The highest BCUT2D eigenvalue weighted by molar-refractivity contribution is 5.61. The van der Waals surface area contributed by atoms with Gasteiger partial charge in [0.1, 0.15) is 11.3 Å². The molecule has 0 fully saturated rings. The lowest BCUT2D eigenvalue weighted by Gasteiger charge is -2.21. The molecule has 0 amide bonds. The van der Waals surface area contributed by atoms with Gasteiger partial charge < -0.3 is 20.4 Å². The molecule has 4 aromatic rings. The zero-order valence-corrected chi connectivity index (χ0v) is 17.2. The van der Waals surface area contributed by atoms with Gasteiger partial charge in [-0.05, 0) is 25.0 Å². The number of anilines is 2. The topological polar surface area (TPSA) is 123 Å². The second kappa shape index (κ2) is 7.73. The Morgan fingerprint density at radius 2 is 1.88 bits per heavy atom. The number of nitrogens with one attached hydrogen (secondary N) is 2. The molecule has 4 aromatic heterocycles. The molecule has 0 saturated carbocycles. The van der Waals surface area contributed by atoms with Crippen LogP contribution < -0.4 is 11.1 Å². The van der Waals surface area contributed by atoms with E-state index in [4.69, 9.17) is 5.73 Å². The normalized spacial score (nSPS) is 13.1. The summed E-state index contributed by atoms with van der Waals surface area (Å²) in [5.74, 6) is -1.20. The first-order chi connectivity index (χ1) is 15.0. The van der Waals surface area contributed by atoms with Crippen molar-refractivity contribution in [3.63, 3.8) is 0 Å². The molecule has 4 heterocycles. The van der Waals surface area contributed by atoms with Crippen LogP contribution in [-0.4, -0.2) is 34.3 Å². The number of aromatic nitrogens is 7. The molecule has 0 radical (unpaired) electrons. The molecule has 1 atom stereocenters. The molecule has 4 N–H and O–H groups in total. The van der Waals surface area contributed by atoms with Gasteiger partial charge >= 0.3 is 6.18 Å². The fourth-order valence-electron chi connectivity index (χ4n) is 3.29. The predicted molar refractivity (Wildman–Crippen MR) is 108 cm³/mol. The van der Waals surface area contributed by atoms with Crippen LogP contribution in [0.1, 0.15) is 37.2 Å². The minimum absolute atomic E-state index is 0.0722. The number of rotatable bonds is 5. The number of hydrogen-bond acceptors (Lipinski definition) is 7. The molecular formula is C19H19F4N9. The Morgan fingerprint density at radius 1 is 1.12 bits per heavy atom. The summed E-state index contributed by atoms with van der Waals surface area (Å²) in [7, 11) is 0. The summed E-state index contributed by atoms with van der Waals surface area (Å²) in [4.78, 5) is 22.0. The Hall–Kier alpha value is -3.77. The highest BCUT2D eigenvalue weighted by atomic mass is 19.4. The summed E-state index contributed by atoms with van der Waals surface area (Å²) in [6.45, 7) is 5.30. The van der Waals surface area contributed by atoms with E-state index in [2.05, 4.69) is 35.2 Å². The van der Waals surface area contributed by atoms with Gasteiger partial charge in [-0.1, -0.05) is 13.8 Å². The molecule has 0 spiro atoms. The molecule has 0 unspecified atom stereocenters. The van der Waals surface area contributed by atoms with E-state index >= 15 is 0 Å². The Bertz CT molecular complexity index is 1280. The maximum absolute atomic E-state index is 13.8. The molecule has 0 aliphatic rings. The van der Waals surface area contributed by atoms with Gasteiger partial charge in [0.15, 0.2) is 5.82 Å². The van der Waals surface area contributed by atoms with Crippen molar-refractivity contribution in [1.29, 1.82) is 0 Å². The molecular weight excluding hydrogens is 430 g/mol. The maximum Gasteiger partial charge on any atom is 0.449 e. The second-order valence-electron chi connectivity index (χ2n) is 7.51. The molecule has 32 heavy (non-hydrogen) atoms. The first kappa shape index (κ1) is 21.5. The maximum atomic E-state index is 13.8. The van der Waals surface area contributed by atoms with Crippen LogP contribution in [0.5, 0.6) is 0 Å². The lowest BCUT2D eigenvalue weighted by molar-refractivity contribution is -0.144. The van der Waals surface area contributed by atoms with E-state index in [1.54, 1.807) is 23.6 Å². The van der Waals surface area contributed by atoms with Crippen LogP contribution in [-0.2, 0) is 6.18 Å². The lowest BCUT2D eigenvalue weighted by Crippen LogP contribution is -2.20. The number of fused-ring (bicyclic) bond motifs is 1. The van der Waals surface area contributed by atoms with Crippen LogP contribution in [0, 0.1) is 18.8 Å². The number of halogens is 4.